The molecule has 0 spiro atoms. The zero-order chi connectivity index (χ0) is 22.9. The minimum absolute atomic E-state index is 0.0169. The van der Waals surface area contributed by atoms with E-state index in [0.717, 1.165) is 9.15 Å². The van der Waals surface area contributed by atoms with Crippen LogP contribution >= 0.6 is 27.5 Å². The molecule has 2 unspecified atom stereocenters. The standard InChI is InChI=1S/C20H19BrClF3N6O/c21-13-4-2-12(3-5-13)14-10-15(20(23,24)25)31-18(28-14)16(22)17(29-31)19(32)27-6-1-8-30-9-7-26-11-30/h2-5,7,9,11,14-15,28H,1,6,8,10H2,(H,27,32). The predicted octanol–water partition coefficient (Wildman–Crippen LogP) is 4.98. The Kier molecular flexibility index (Phi) is 6.47. The summed E-state index contributed by atoms with van der Waals surface area (Å²) in [6.45, 7) is 0.952. The highest BCUT2D eigenvalue weighted by Gasteiger charge is 2.47. The van der Waals surface area contributed by atoms with E-state index < -0.39 is 24.2 Å². The molecule has 0 fully saturated rings. The second kappa shape index (κ2) is 9.14. The van der Waals surface area contributed by atoms with Gasteiger partial charge in [-0.2, -0.15) is 18.3 Å². The van der Waals surface area contributed by atoms with Gasteiger partial charge < -0.3 is 15.2 Å². The lowest BCUT2D eigenvalue weighted by atomic mass is 9.97. The van der Waals surface area contributed by atoms with Gasteiger partial charge in [-0.3, -0.25) is 4.79 Å². The zero-order valence-electron chi connectivity index (χ0n) is 16.6. The number of nitrogens with one attached hydrogen (secondary N) is 2. The lowest BCUT2D eigenvalue weighted by molar-refractivity contribution is -0.173. The van der Waals surface area contributed by atoms with Crippen LogP contribution in [0.2, 0.25) is 5.02 Å². The Morgan fingerprint density at radius 2 is 2.06 bits per heavy atom. The van der Waals surface area contributed by atoms with Crippen LogP contribution in [0.1, 0.15) is 41.0 Å². The molecule has 3 heterocycles. The number of rotatable bonds is 6. The average Bonchev–Trinajstić information content (AvgIpc) is 3.38. The number of fused-ring (bicyclic) bond motifs is 1. The number of imidazole rings is 1. The van der Waals surface area contributed by atoms with Gasteiger partial charge >= 0.3 is 6.18 Å². The first-order valence-corrected chi connectivity index (χ1v) is 11.0. The molecule has 0 saturated heterocycles. The van der Waals surface area contributed by atoms with Gasteiger partial charge in [0.05, 0.1) is 12.4 Å². The first-order chi connectivity index (χ1) is 15.2. The molecule has 2 atom stereocenters. The van der Waals surface area contributed by atoms with E-state index in [1.165, 1.54) is 0 Å². The number of halogens is 5. The molecule has 0 aliphatic carbocycles. The summed E-state index contributed by atoms with van der Waals surface area (Å²) in [5.74, 6) is -0.637. The maximum atomic E-state index is 13.9. The van der Waals surface area contributed by atoms with Crippen LogP contribution < -0.4 is 10.6 Å². The summed E-state index contributed by atoms with van der Waals surface area (Å²) in [4.78, 5) is 16.5. The summed E-state index contributed by atoms with van der Waals surface area (Å²) in [6.07, 6.45) is 0.891. The van der Waals surface area contributed by atoms with Crippen LogP contribution in [0.5, 0.6) is 0 Å². The number of anilines is 1. The first kappa shape index (κ1) is 22.7. The Balaban J connectivity index is 1.53. The highest BCUT2D eigenvalue weighted by molar-refractivity contribution is 9.10. The maximum absolute atomic E-state index is 13.9. The maximum Gasteiger partial charge on any atom is 0.410 e. The van der Waals surface area contributed by atoms with E-state index in [1.807, 2.05) is 4.57 Å². The lowest BCUT2D eigenvalue weighted by Crippen LogP contribution is -2.36. The molecule has 7 nitrogen and oxygen atoms in total. The highest BCUT2D eigenvalue weighted by Crippen LogP contribution is 2.46. The minimum Gasteiger partial charge on any atom is -0.362 e. The quantitative estimate of drug-likeness (QED) is 0.440. The molecule has 4 rings (SSSR count). The van der Waals surface area contributed by atoms with Gasteiger partial charge in [0.1, 0.15) is 10.8 Å². The van der Waals surface area contributed by atoms with Crippen LogP contribution in [-0.2, 0) is 6.54 Å². The van der Waals surface area contributed by atoms with E-state index in [0.29, 0.717) is 25.1 Å². The fraction of sp³-hybridized carbons (Fsp3) is 0.350. The van der Waals surface area contributed by atoms with Crippen molar-refractivity contribution in [2.45, 2.75) is 37.6 Å². The van der Waals surface area contributed by atoms with Crippen LogP contribution in [-0.4, -0.2) is 38.0 Å². The molecule has 32 heavy (non-hydrogen) atoms. The van der Waals surface area contributed by atoms with Crippen molar-refractivity contribution in [2.75, 3.05) is 11.9 Å². The van der Waals surface area contributed by atoms with Gasteiger partial charge in [0.2, 0.25) is 0 Å². The summed E-state index contributed by atoms with van der Waals surface area (Å²) in [5, 5.41) is 9.50. The topological polar surface area (TPSA) is 76.8 Å². The number of aromatic nitrogens is 4. The van der Waals surface area contributed by atoms with Gasteiger partial charge in [0.15, 0.2) is 11.7 Å². The Morgan fingerprint density at radius 1 is 1.31 bits per heavy atom. The summed E-state index contributed by atoms with van der Waals surface area (Å²) in [6, 6.07) is 4.45. The molecule has 0 saturated carbocycles. The number of aryl methyl sites for hydroxylation is 1. The van der Waals surface area contributed by atoms with Crippen molar-refractivity contribution in [3.63, 3.8) is 0 Å². The third-order valence-corrected chi connectivity index (χ3v) is 6.11. The molecule has 0 radical (unpaired) electrons. The van der Waals surface area contributed by atoms with Crippen LogP contribution in [0.3, 0.4) is 0 Å². The smallest absolute Gasteiger partial charge is 0.362 e. The Morgan fingerprint density at radius 3 is 2.72 bits per heavy atom. The SMILES string of the molecule is O=C(NCCCn1ccnc1)c1nn2c(c1Cl)NC(c1ccc(Br)cc1)CC2C(F)(F)F. The highest BCUT2D eigenvalue weighted by atomic mass is 79.9. The molecular formula is C20H19BrClF3N6O. The van der Waals surface area contributed by atoms with E-state index in [1.54, 1.807) is 43.0 Å². The fourth-order valence-electron chi connectivity index (χ4n) is 3.61. The average molecular weight is 532 g/mol. The lowest BCUT2D eigenvalue weighted by Gasteiger charge is -2.33. The molecular weight excluding hydrogens is 513 g/mol. The van der Waals surface area contributed by atoms with E-state index in [9.17, 15) is 18.0 Å². The molecule has 1 amide bonds. The largest absolute Gasteiger partial charge is 0.410 e. The van der Waals surface area contributed by atoms with Gasteiger partial charge in [0.25, 0.3) is 5.91 Å². The van der Waals surface area contributed by atoms with Crippen molar-refractivity contribution in [3.05, 3.63) is 63.7 Å². The van der Waals surface area contributed by atoms with Crippen LogP contribution in [0, 0.1) is 0 Å². The molecule has 0 bridgehead atoms. The second-order valence-corrected chi connectivity index (χ2v) is 8.70. The first-order valence-electron chi connectivity index (χ1n) is 9.84. The van der Waals surface area contributed by atoms with Gasteiger partial charge in [-0.25, -0.2) is 9.67 Å². The number of carbonyl (C=O) groups excluding carboxylic acids is 1. The van der Waals surface area contributed by atoms with Crippen LogP contribution in [0.4, 0.5) is 19.0 Å². The number of hydrogen-bond donors (Lipinski definition) is 2. The van der Waals surface area contributed by atoms with Gasteiger partial charge in [-0.1, -0.05) is 39.7 Å². The number of hydrogen-bond acceptors (Lipinski definition) is 4. The fourth-order valence-corrected chi connectivity index (χ4v) is 4.14. The second-order valence-electron chi connectivity index (χ2n) is 7.41. The van der Waals surface area contributed by atoms with E-state index >= 15 is 0 Å². The Bertz CT molecular complexity index is 1080. The molecule has 12 heteroatoms. The van der Waals surface area contributed by atoms with Crippen molar-refractivity contribution in [3.8, 4) is 0 Å². The number of nitrogens with zero attached hydrogens (tertiary/aromatic N) is 4. The predicted molar refractivity (Wildman–Crippen MR) is 117 cm³/mol. The molecule has 2 aromatic heterocycles. The third kappa shape index (κ3) is 4.78. The molecule has 2 N–H and O–H groups in total. The van der Waals surface area contributed by atoms with Crippen molar-refractivity contribution in [1.29, 1.82) is 0 Å². The molecule has 170 valence electrons. The summed E-state index contributed by atoms with van der Waals surface area (Å²) >= 11 is 9.65. The number of carbonyl (C=O) groups is 1. The van der Waals surface area contributed by atoms with Crippen molar-refractivity contribution < 1.29 is 18.0 Å². The number of amides is 1. The van der Waals surface area contributed by atoms with E-state index in [-0.39, 0.29) is 23.0 Å². The third-order valence-electron chi connectivity index (χ3n) is 5.22. The van der Waals surface area contributed by atoms with Crippen molar-refractivity contribution in [2.24, 2.45) is 0 Å². The van der Waals surface area contributed by atoms with Gasteiger partial charge in [-0.15, -0.1) is 0 Å². The van der Waals surface area contributed by atoms with Gasteiger partial charge in [-0.05, 0) is 24.1 Å². The Hall–Kier alpha value is -2.53. The zero-order valence-corrected chi connectivity index (χ0v) is 19.0. The van der Waals surface area contributed by atoms with Crippen LogP contribution in [0.15, 0.2) is 47.5 Å². The normalized spacial score (nSPS) is 18.2. The summed E-state index contributed by atoms with van der Waals surface area (Å²) in [7, 11) is 0. The van der Waals surface area contributed by atoms with E-state index in [2.05, 4.69) is 36.6 Å². The molecule has 1 aromatic carbocycles. The molecule has 1 aliphatic heterocycles. The van der Waals surface area contributed by atoms with E-state index in [4.69, 9.17) is 11.6 Å². The summed E-state index contributed by atoms with van der Waals surface area (Å²) < 4.78 is 45.0. The summed E-state index contributed by atoms with van der Waals surface area (Å²) in [5.41, 5.74) is 0.443. The minimum atomic E-state index is -4.56. The molecule has 1 aliphatic rings. The van der Waals surface area contributed by atoms with Crippen molar-refractivity contribution >= 4 is 39.3 Å². The number of alkyl halides is 3. The monoisotopic (exact) mass is 530 g/mol. The Labute approximate surface area is 195 Å². The van der Waals surface area contributed by atoms with Crippen molar-refractivity contribution in [1.82, 2.24) is 24.6 Å². The van der Waals surface area contributed by atoms with Gasteiger partial charge in [0, 0.05) is 36.4 Å². The number of benzene rings is 1. The van der Waals surface area contributed by atoms with Crippen LogP contribution in [0.25, 0.3) is 0 Å². The molecule has 3 aromatic rings.